The number of fused-ring (bicyclic) bond motifs is 1. The topological polar surface area (TPSA) is 86.8 Å². The van der Waals surface area contributed by atoms with Crippen molar-refractivity contribution in [1.29, 1.82) is 0 Å². The highest BCUT2D eigenvalue weighted by molar-refractivity contribution is 7.89. The van der Waals surface area contributed by atoms with E-state index >= 15 is 0 Å². The van der Waals surface area contributed by atoms with Crippen molar-refractivity contribution in [2.75, 3.05) is 20.1 Å². The number of hydrogen-bond donors (Lipinski definition) is 1. The van der Waals surface area contributed by atoms with Gasteiger partial charge in [-0.15, -0.1) is 0 Å². The molecule has 8 heteroatoms. The van der Waals surface area contributed by atoms with Crippen LogP contribution in [-0.4, -0.2) is 55.6 Å². The van der Waals surface area contributed by atoms with Gasteiger partial charge in [-0.25, -0.2) is 8.42 Å². The molecule has 0 radical (unpaired) electrons. The van der Waals surface area contributed by atoms with Crippen LogP contribution in [0.3, 0.4) is 0 Å². The van der Waals surface area contributed by atoms with Gasteiger partial charge < -0.3 is 10.2 Å². The van der Waals surface area contributed by atoms with Gasteiger partial charge in [-0.3, -0.25) is 9.59 Å². The zero-order chi connectivity index (χ0) is 23.3. The van der Waals surface area contributed by atoms with E-state index in [1.807, 2.05) is 24.3 Å². The van der Waals surface area contributed by atoms with Gasteiger partial charge in [-0.05, 0) is 34.9 Å². The molecule has 0 saturated carbocycles. The number of benzene rings is 2. The van der Waals surface area contributed by atoms with Crippen molar-refractivity contribution in [3.63, 3.8) is 0 Å². The van der Waals surface area contributed by atoms with E-state index in [0.717, 1.165) is 11.1 Å². The second-order valence-corrected chi connectivity index (χ2v) is 9.50. The first-order chi connectivity index (χ1) is 15.3. The summed E-state index contributed by atoms with van der Waals surface area (Å²) in [5.41, 5.74) is 2.80. The van der Waals surface area contributed by atoms with Crippen LogP contribution in [0, 0.1) is 0 Å². The lowest BCUT2D eigenvalue weighted by atomic mass is 9.93. The number of hydrogen-bond acceptors (Lipinski definition) is 4. The Morgan fingerprint density at radius 2 is 1.69 bits per heavy atom. The zero-order valence-corrected chi connectivity index (χ0v) is 19.4. The van der Waals surface area contributed by atoms with Crippen LogP contribution >= 0.6 is 0 Å². The van der Waals surface area contributed by atoms with Crippen molar-refractivity contribution >= 4 is 27.9 Å². The van der Waals surface area contributed by atoms with Crippen LogP contribution in [0.5, 0.6) is 0 Å². The lowest BCUT2D eigenvalue weighted by Crippen LogP contribution is -2.51. The van der Waals surface area contributed by atoms with Crippen LogP contribution in [0.4, 0.5) is 0 Å². The van der Waals surface area contributed by atoms with Gasteiger partial charge in [0.05, 0.1) is 4.90 Å². The smallest absolute Gasteiger partial charge is 0.247 e. The highest BCUT2D eigenvalue weighted by Gasteiger charge is 2.33. The molecule has 1 atom stereocenters. The van der Waals surface area contributed by atoms with Crippen LogP contribution < -0.4 is 5.32 Å². The molecular formula is C24H29N3O4S. The third-order valence-electron chi connectivity index (χ3n) is 5.72. The highest BCUT2D eigenvalue weighted by Crippen LogP contribution is 2.24. The first-order valence-corrected chi connectivity index (χ1v) is 12.1. The molecule has 32 heavy (non-hydrogen) atoms. The number of amides is 2. The van der Waals surface area contributed by atoms with Gasteiger partial charge in [0, 0.05) is 39.2 Å². The van der Waals surface area contributed by atoms with Crippen molar-refractivity contribution in [3.05, 3.63) is 71.3 Å². The van der Waals surface area contributed by atoms with E-state index in [4.69, 9.17) is 0 Å². The quantitative estimate of drug-likeness (QED) is 0.650. The van der Waals surface area contributed by atoms with Gasteiger partial charge >= 0.3 is 0 Å². The Morgan fingerprint density at radius 3 is 2.28 bits per heavy atom. The maximum Gasteiger partial charge on any atom is 0.247 e. The standard InChI is InChI=1S/C24H29N3O4S/c1-4-26(5-2)32(30,31)21-13-10-18(11-14-21)12-15-23(28)27-17-20-9-7-6-8-19(20)16-22(27)24(29)25-3/h6-15,22H,4-5,16-17H2,1-3H3,(H,25,29)/b15-12+. The van der Waals surface area contributed by atoms with E-state index in [2.05, 4.69) is 5.32 Å². The normalized spacial score (nSPS) is 16.2. The molecule has 2 aromatic rings. The van der Waals surface area contributed by atoms with Gasteiger partial charge in [0.1, 0.15) is 6.04 Å². The molecule has 1 aliphatic rings. The van der Waals surface area contributed by atoms with E-state index in [0.29, 0.717) is 31.6 Å². The van der Waals surface area contributed by atoms with Gasteiger partial charge in [0.15, 0.2) is 0 Å². The van der Waals surface area contributed by atoms with Crippen LogP contribution in [0.2, 0.25) is 0 Å². The van der Waals surface area contributed by atoms with Crippen LogP contribution in [0.1, 0.15) is 30.5 Å². The average Bonchev–Trinajstić information content (AvgIpc) is 2.82. The molecule has 1 aliphatic heterocycles. The minimum atomic E-state index is -3.52. The Labute approximate surface area is 189 Å². The Bertz CT molecular complexity index is 1110. The molecule has 0 aromatic heterocycles. The van der Waals surface area contributed by atoms with Crippen LogP contribution in [0.25, 0.3) is 6.08 Å². The molecule has 1 N–H and O–H groups in total. The number of nitrogens with zero attached hydrogens (tertiary/aromatic N) is 2. The molecule has 1 heterocycles. The molecule has 2 aromatic carbocycles. The summed E-state index contributed by atoms with van der Waals surface area (Å²) in [5, 5.41) is 2.65. The second-order valence-electron chi connectivity index (χ2n) is 7.56. The number of sulfonamides is 1. The highest BCUT2D eigenvalue weighted by atomic mass is 32.2. The fourth-order valence-electron chi connectivity index (χ4n) is 3.88. The summed E-state index contributed by atoms with van der Waals surface area (Å²) in [4.78, 5) is 27.2. The van der Waals surface area contributed by atoms with Gasteiger partial charge in [-0.1, -0.05) is 50.2 Å². The summed E-state index contributed by atoms with van der Waals surface area (Å²) in [6, 6.07) is 13.7. The van der Waals surface area contributed by atoms with Gasteiger partial charge in [-0.2, -0.15) is 4.31 Å². The molecule has 2 amide bonds. The van der Waals surface area contributed by atoms with Crippen molar-refractivity contribution in [2.24, 2.45) is 0 Å². The second kappa shape index (κ2) is 10.1. The van der Waals surface area contributed by atoms with Crippen LogP contribution in [-0.2, 0) is 32.6 Å². The van der Waals surface area contributed by atoms with Gasteiger partial charge in [0.25, 0.3) is 0 Å². The fourth-order valence-corrected chi connectivity index (χ4v) is 5.34. The van der Waals surface area contributed by atoms with E-state index < -0.39 is 16.1 Å². The van der Waals surface area contributed by atoms with E-state index in [1.165, 1.54) is 10.4 Å². The molecule has 0 bridgehead atoms. The van der Waals surface area contributed by atoms with Crippen molar-refractivity contribution < 1.29 is 18.0 Å². The average molecular weight is 456 g/mol. The molecular weight excluding hydrogens is 426 g/mol. The number of carbonyl (C=O) groups is 2. The van der Waals surface area contributed by atoms with E-state index in [1.54, 1.807) is 56.1 Å². The maximum absolute atomic E-state index is 13.0. The molecule has 7 nitrogen and oxygen atoms in total. The van der Waals surface area contributed by atoms with E-state index in [-0.39, 0.29) is 16.7 Å². The number of rotatable bonds is 7. The van der Waals surface area contributed by atoms with E-state index in [9.17, 15) is 18.0 Å². The Morgan fingerprint density at radius 1 is 1.06 bits per heavy atom. The third-order valence-corrected chi connectivity index (χ3v) is 7.79. The summed E-state index contributed by atoms with van der Waals surface area (Å²) in [6.45, 7) is 4.77. The lowest BCUT2D eigenvalue weighted by molar-refractivity contribution is -0.138. The maximum atomic E-state index is 13.0. The molecule has 0 fully saturated rings. The monoisotopic (exact) mass is 455 g/mol. The number of likely N-dealkylation sites (N-methyl/N-ethyl adjacent to an activating group) is 1. The lowest BCUT2D eigenvalue weighted by Gasteiger charge is -2.35. The third kappa shape index (κ3) is 4.92. The first kappa shape index (κ1) is 23.7. The minimum Gasteiger partial charge on any atom is -0.357 e. The predicted molar refractivity (Wildman–Crippen MR) is 124 cm³/mol. The minimum absolute atomic E-state index is 0.202. The number of carbonyl (C=O) groups excluding carboxylic acids is 2. The summed E-state index contributed by atoms with van der Waals surface area (Å²) < 4.78 is 26.6. The Kier molecular flexibility index (Phi) is 7.48. The Hall–Kier alpha value is -2.97. The summed E-state index contributed by atoms with van der Waals surface area (Å²) in [7, 11) is -1.96. The molecule has 0 aliphatic carbocycles. The summed E-state index contributed by atoms with van der Waals surface area (Å²) in [5.74, 6) is -0.472. The molecule has 3 rings (SSSR count). The Balaban J connectivity index is 1.78. The SMILES string of the molecule is CCN(CC)S(=O)(=O)c1ccc(/C=C/C(=O)N2Cc3ccccc3CC2C(=O)NC)cc1. The van der Waals surface area contributed by atoms with Gasteiger partial charge in [0.2, 0.25) is 21.8 Å². The van der Waals surface area contributed by atoms with Crippen molar-refractivity contribution in [2.45, 2.75) is 37.8 Å². The molecule has 170 valence electrons. The van der Waals surface area contributed by atoms with Crippen molar-refractivity contribution in [1.82, 2.24) is 14.5 Å². The number of nitrogens with one attached hydrogen (secondary N) is 1. The summed E-state index contributed by atoms with van der Waals surface area (Å²) in [6.07, 6.45) is 3.53. The van der Waals surface area contributed by atoms with Crippen molar-refractivity contribution in [3.8, 4) is 0 Å². The summed E-state index contributed by atoms with van der Waals surface area (Å²) >= 11 is 0. The molecule has 0 spiro atoms. The first-order valence-electron chi connectivity index (χ1n) is 10.7. The molecule has 0 saturated heterocycles. The van der Waals surface area contributed by atoms with Crippen LogP contribution in [0.15, 0.2) is 59.5 Å². The zero-order valence-electron chi connectivity index (χ0n) is 18.6. The fraction of sp³-hybridized carbons (Fsp3) is 0.333. The largest absolute Gasteiger partial charge is 0.357 e. The predicted octanol–water partition coefficient (Wildman–Crippen LogP) is 2.43. The molecule has 1 unspecified atom stereocenters.